The van der Waals surface area contributed by atoms with E-state index in [1.165, 1.54) is 16.2 Å². The number of nitrogens with two attached hydrogens (primary N) is 1. The van der Waals surface area contributed by atoms with E-state index in [2.05, 4.69) is 11.0 Å². The Morgan fingerprint density at radius 1 is 1.47 bits per heavy atom. The first-order valence-corrected chi connectivity index (χ1v) is 6.74. The van der Waals surface area contributed by atoms with Gasteiger partial charge in [0.1, 0.15) is 21.5 Å². The molecular weight excluding hydrogens is 264 g/mol. The van der Waals surface area contributed by atoms with Gasteiger partial charge in [-0.05, 0) is 0 Å². The van der Waals surface area contributed by atoms with Gasteiger partial charge in [-0.1, -0.05) is 0 Å². The van der Waals surface area contributed by atoms with E-state index in [9.17, 15) is 10.1 Å². The molecule has 2 heterocycles. The van der Waals surface area contributed by atoms with Crippen LogP contribution in [0.3, 0.4) is 0 Å². The van der Waals surface area contributed by atoms with Crippen molar-refractivity contribution in [1.29, 1.82) is 5.26 Å². The maximum absolute atomic E-state index is 12.0. The standard InChI is InChI=1S/C12H16N4O2S/c1-15(2)11(17)10-9(14)8(7-13)12(19-10)16-3-5-18-6-4-16/h3-6,14H2,1-2H3. The number of carbonyl (C=O) groups excluding carboxylic acids is 1. The fourth-order valence-electron chi connectivity index (χ4n) is 1.89. The second-order valence-corrected chi connectivity index (χ2v) is 5.43. The third-order valence-electron chi connectivity index (χ3n) is 2.94. The molecule has 0 radical (unpaired) electrons. The van der Waals surface area contributed by atoms with Gasteiger partial charge in [0.2, 0.25) is 0 Å². The predicted molar refractivity (Wildman–Crippen MR) is 74.5 cm³/mol. The van der Waals surface area contributed by atoms with Crippen molar-refractivity contribution in [3.63, 3.8) is 0 Å². The van der Waals surface area contributed by atoms with Crippen molar-refractivity contribution in [1.82, 2.24) is 4.90 Å². The number of ether oxygens (including phenoxy) is 1. The van der Waals surface area contributed by atoms with Gasteiger partial charge < -0.3 is 20.3 Å². The molecule has 1 aliphatic rings. The van der Waals surface area contributed by atoms with Gasteiger partial charge in [-0.2, -0.15) is 5.26 Å². The molecule has 19 heavy (non-hydrogen) atoms. The molecule has 0 aliphatic carbocycles. The summed E-state index contributed by atoms with van der Waals surface area (Å²) in [4.78, 5) is 16.0. The number of rotatable bonds is 2. The molecule has 1 fully saturated rings. The molecule has 0 unspecified atom stereocenters. The Morgan fingerprint density at radius 3 is 2.63 bits per heavy atom. The van der Waals surface area contributed by atoms with Gasteiger partial charge in [0.05, 0.1) is 18.9 Å². The van der Waals surface area contributed by atoms with Crippen LogP contribution in [0.2, 0.25) is 0 Å². The van der Waals surface area contributed by atoms with E-state index in [1.54, 1.807) is 14.1 Å². The quantitative estimate of drug-likeness (QED) is 0.864. The van der Waals surface area contributed by atoms with Crippen molar-refractivity contribution in [2.75, 3.05) is 51.0 Å². The summed E-state index contributed by atoms with van der Waals surface area (Å²) in [7, 11) is 3.34. The summed E-state index contributed by atoms with van der Waals surface area (Å²) in [5, 5.41) is 10.0. The normalized spacial score (nSPS) is 15.1. The van der Waals surface area contributed by atoms with Gasteiger partial charge in [0, 0.05) is 27.2 Å². The number of morpholine rings is 1. The minimum absolute atomic E-state index is 0.168. The highest BCUT2D eigenvalue weighted by molar-refractivity contribution is 7.19. The fraction of sp³-hybridized carbons (Fsp3) is 0.500. The number of hydrogen-bond donors (Lipinski definition) is 1. The SMILES string of the molecule is CN(C)C(=O)c1sc(N2CCOCC2)c(C#N)c1N. The monoisotopic (exact) mass is 280 g/mol. The van der Waals surface area contributed by atoms with E-state index in [1.807, 2.05) is 0 Å². The zero-order valence-electron chi connectivity index (χ0n) is 11.0. The second-order valence-electron chi connectivity index (χ2n) is 4.44. The number of nitrogens with zero attached hydrogens (tertiary/aromatic N) is 3. The zero-order valence-corrected chi connectivity index (χ0v) is 11.8. The molecule has 6 nitrogen and oxygen atoms in total. The first-order chi connectivity index (χ1) is 9.06. The van der Waals surface area contributed by atoms with Gasteiger partial charge in [0.15, 0.2) is 0 Å². The summed E-state index contributed by atoms with van der Waals surface area (Å²) in [5.74, 6) is -0.168. The largest absolute Gasteiger partial charge is 0.396 e. The van der Waals surface area contributed by atoms with Crippen molar-refractivity contribution < 1.29 is 9.53 Å². The Hall–Kier alpha value is -1.78. The molecule has 0 bridgehead atoms. The molecule has 1 aromatic rings. The summed E-state index contributed by atoms with van der Waals surface area (Å²) in [6.45, 7) is 2.67. The molecule has 1 amide bonds. The molecule has 2 N–H and O–H groups in total. The Labute approximate surface area is 116 Å². The van der Waals surface area contributed by atoms with Gasteiger partial charge in [-0.25, -0.2) is 0 Å². The number of anilines is 2. The molecular formula is C12H16N4O2S. The third-order valence-corrected chi connectivity index (χ3v) is 4.19. The highest BCUT2D eigenvalue weighted by Gasteiger charge is 2.26. The number of thiophene rings is 1. The minimum atomic E-state index is -0.168. The molecule has 1 saturated heterocycles. The Balaban J connectivity index is 2.41. The van der Waals surface area contributed by atoms with Crippen LogP contribution in [0.1, 0.15) is 15.2 Å². The van der Waals surface area contributed by atoms with Gasteiger partial charge >= 0.3 is 0 Å². The van der Waals surface area contributed by atoms with E-state index in [0.717, 1.165) is 5.00 Å². The summed E-state index contributed by atoms with van der Waals surface area (Å²) in [6, 6.07) is 2.11. The summed E-state index contributed by atoms with van der Waals surface area (Å²) < 4.78 is 5.29. The molecule has 0 saturated carbocycles. The lowest BCUT2D eigenvalue weighted by molar-refractivity contribution is 0.0833. The van der Waals surface area contributed by atoms with Gasteiger partial charge in [0.25, 0.3) is 5.91 Å². The van der Waals surface area contributed by atoms with Crippen LogP contribution in [0.5, 0.6) is 0 Å². The molecule has 0 aromatic carbocycles. The van der Waals surface area contributed by atoms with Gasteiger partial charge in [-0.15, -0.1) is 11.3 Å². The van der Waals surface area contributed by atoms with E-state index in [4.69, 9.17) is 10.5 Å². The number of amides is 1. The summed E-state index contributed by atoms with van der Waals surface area (Å²) in [5.41, 5.74) is 6.63. The number of nitriles is 1. The Bertz CT molecular complexity index is 527. The molecule has 102 valence electrons. The van der Waals surface area contributed by atoms with Crippen molar-refractivity contribution in [2.24, 2.45) is 0 Å². The van der Waals surface area contributed by atoms with Crippen LogP contribution in [0, 0.1) is 11.3 Å². The molecule has 7 heteroatoms. The fourth-order valence-corrected chi connectivity index (χ4v) is 3.14. The van der Waals surface area contributed by atoms with Crippen LogP contribution in [0.4, 0.5) is 10.7 Å². The molecule has 0 atom stereocenters. The third kappa shape index (κ3) is 2.50. The highest BCUT2D eigenvalue weighted by Crippen LogP contribution is 2.38. The van der Waals surface area contributed by atoms with Crippen molar-refractivity contribution >= 4 is 27.9 Å². The van der Waals surface area contributed by atoms with E-state index >= 15 is 0 Å². The second kappa shape index (κ2) is 5.47. The Morgan fingerprint density at radius 2 is 2.11 bits per heavy atom. The smallest absolute Gasteiger partial charge is 0.265 e. The maximum atomic E-state index is 12.0. The van der Waals surface area contributed by atoms with Crippen molar-refractivity contribution in [3.05, 3.63) is 10.4 Å². The summed E-state index contributed by atoms with van der Waals surface area (Å²) in [6.07, 6.45) is 0. The van der Waals surface area contributed by atoms with E-state index in [-0.39, 0.29) is 11.6 Å². The van der Waals surface area contributed by atoms with Crippen molar-refractivity contribution in [2.45, 2.75) is 0 Å². The number of nitrogen functional groups attached to an aromatic ring is 1. The zero-order chi connectivity index (χ0) is 14.0. The first kappa shape index (κ1) is 13.6. The predicted octanol–water partition coefficient (Wildman–Crippen LogP) is 0.740. The van der Waals surface area contributed by atoms with Crippen LogP contribution >= 0.6 is 11.3 Å². The molecule has 1 aromatic heterocycles. The summed E-state index contributed by atoms with van der Waals surface area (Å²) >= 11 is 1.29. The maximum Gasteiger partial charge on any atom is 0.265 e. The lowest BCUT2D eigenvalue weighted by Crippen LogP contribution is -2.36. The Kier molecular flexibility index (Phi) is 3.93. The van der Waals surface area contributed by atoms with Crippen LogP contribution in [0.15, 0.2) is 0 Å². The molecule has 2 rings (SSSR count). The van der Waals surface area contributed by atoms with Crippen LogP contribution < -0.4 is 10.6 Å². The average molecular weight is 280 g/mol. The van der Waals surface area contributed by atoms with Crippen molar-refractivity contribution in [3.8, 4) is 6.07 Å². The highest BCUT2D eigenvalue weighted by atomic mass is 32.1. The van der Waals surface area contributed by atoms with E-state index < -0.39 is 0 Å². The average Bonchev–Trinajstić information content (AvgIpc) is 2.75. The number of carbonyl (C=O) groups is 1. The molecule has 1 aliphatic heterocycles. The molecule has 0 spiro atoms. The minimum Gasteiger partial charge on any atom is -0.396 e. The first-order valence-electron chi connectivity index (χ1n) is 5.93. The van der Waals surface area contributed by atoms with Crippen LogP contribution in [-0.4, -0.2) is 51.2 Å². The van der Waals surface area contributed by atoms with Crippen LogP contribution in [0.25, 0.3) is 0 Å². The lowest BCUT2D eigenvalue weighted by Gasteiger charge is -2.27. The van der Waals surface area contributed by atoms with Gasteiger partial charge in [-0.3, -0.25) is 4.79 Å². The number of hydrogen-bond acceptors (Lipinski definition) is 6. The van der Waals surface area contributed by atoms with E-state index in [0.29, 0.717) is 36.7 Å². The van der Waals surface area contributed by atoms with Crippen LogP contribution in [-0.2, 0) is 4.74 Å². The lowest BCUT2D eigenvalue weighted by atomic mass is 10.2. The topological polar surface area (TPSA) is 82.6 Å².